The van der Waals surface area contributed by atoms with Gasteiger partial charge in [0.15, 0.2) is 5.75 Å². The van der Waals surface area contributed by atoms with Gasteiger partial charge in [0, 0.05) is 17.3 Å². The fourth-order valence-electron chi connectivity index (χ4n) is 2.30. The Morgan fingerprint density at radius 2 is 2.08 bits per heavy atom. The molecule has 0 unspecified atom stereocenters. The summed E-state index contributed by atoms with van der Waals surface area (Å²) in [5.74, 6) is -0.841. The molecule has 1 heterocycles. The highest BCUT2D eigenvalue weighted by atomic mass is 19.1. The summed E-state index contributed by atoms with van der Waals surface area (Å²) in [6.07, 6.45) is 6.59. The van der Waals surface area contributed by atoms with Gasteiger partial charge < -0.3 is 10.8 Å². The van der Waals surface area contributed by atoms with Crippen LogP contribution >= 0.6 is 0 Å². The van der Waals surface area contributed by atoms with E-state index in [9.17, 15) is 18.7 Å². The van der Waals surface area contributed by atoms with E-state index >= 15 is 0 Å². The zero-order valence-electron chi connectivity index (χ0n) is 13.6. The topological polar surface area (TPSA) is 68.2 Å². The first-order chi connectivity index (χ1) is 12.0. The fourth-order valence-corrected chi connectivity index (χ4v) is 2.30. The Morgan fingerprint density at radius 1 is 1.32 bits per heavy atom. The van der Waals surface area contributed by atoms with Crippen molar-refractivity contribution < 1.29 is 13.9 Å². The van der Waals surface area contributed by atoms with Crippen LogP contribution in [-0.2, 0) is 0 Å². The average Bonchev–Trinajstić information content (AvgIpc) is 2.59. The third-order valence-corrected chi connectivity index (χ3v) is 3.44. The number of allylic oxidation sites excluding steroid dienone is 6. The van der Waals surface area contributed by atoms with Crippen molar-refractivity contribution in [1.82, 2.24) is 4.57 Å². The minimum absolute atomic E-state index is 0.124. The number of hydrogen-bond donors (Lipinski definition) is 2. The molecule has 0 atom stereocenters. The number of aromatic nitrogens is 1. The SMILES string of the molecule is CC=CC(F)=C(C=CCF)c1cccc(-n2cc(O)c(=O)cc2N)c1. The molecule has 6 heteroatoms. The molecule has 0 saturated heterocycles. The molecule has 0 aliphatic rings. The average molecular weight is 344 g/mol. The van der Waals surface area contributed by atoms with E-state index in [0.717, 1.165) is 6.07 Å². The first kappa shape index (κ1) is 18.2. The summed E-state index contributed by atoms with van der Waals surface area (Å²) in [5.41, 5.74) is 6.46. The van der Waals surface area contributed by atoms with Gasteiger partial charge in [0.1, 0.15) is 18.3 Å². The summed E-state index contributed by atoms with van der Waals surface area (Å²) < 4.78 is 28.2. The van der Waals surface area contributed by atoms with Crippen LogP contribution in [-0.4, -0.2) is 16.3 Å². The Morgan fingerprint density at radius 3 is 2.76 bits per heavy atom. The van der Waals surface area contributed by atoms with Crippen LogP contribution in [0.1, 0.15) is 12.5 Å². The molecule has 25 heavy (non-hydrogen) atoms. The minimum atomic E-state index is -0.715. The van der Waals surface area contributed by atoms with E-state index in [-0.39, 0.29) is 11.4 Å². The summed E-state index contributed by atoms with van der Waals surface area (Å²) in [6.45, 7) is 0.961. The van der Waals surface area contributed by atoms with Gasteiger partial charge in [-0.3, -0.25) is 9.36 Å². The van der Waals surface area contributed by atoms with Gasteiger partial charge in [0.05, 0.1) is 6.20 Å². The van der Waals surface area contributed by atoms with Gasteiger partial charge in [0.2, 0.25) is 5.43 Å². The van der Waals surface area contributed by atoms with Crippen molar-refractivity contribution in [3.63, 3.8) is 0 Å². The molecule has 1 aromatic heterocycles. The number of halogens is 2. The molecule has 0 spiro atoms. The van der Waals surface area contributed by atoms with Crippen LogP contribution in [0.2, 0.25) is 0 Å². The first-order valence-electron chi connectivity index (χ1n) is 7.55. The van der Waals surface area contributed by atoms with Gasteiger partial charge in [-0.15, -0.1) is 0 Å². The van der Waals surface area contributed by atoms with E-state index < -0.39 is 23.7 Å². The number of alkyl halides is 1. The molecule has 0 radical (unpaired) electrons. The molecule has 1 aromatic carbocycles. The summed E-state index contributed by atoms with van der Waals surface area (Å²) in [5, 5.41) is 9.62. The molecule has 3 N–H and O–H groups in total. The third-order valence-electron chi connectivity index (χ3n) is 3.44. The second kappa shape index (κ2) is 8.10. The largest absolute Gasteiger partial charge is 0.503 e. The van der Waals surface area contributed by atoms with Crippen LogP contribution in [0.4, 0.5) is 14.6 Å². The van der Waals surface area contributed by atoms with E-state index in [1.807, 2.05) is 0 Å². The number of nitrogens with two attached hydrogens (primary N) is 1. The van der Waals surface area contributed by atoms with Crippen molar-refractivity contribution in [2.24, 2.45) is 0 Å². The highest BCUT2D eigenvalue weighted by molar-refractivity contribution is 5.78. The van der Waals surface area contributed by atoms with Crippen molar-refractivity contribution in [1.29, 1.82) is 0 Å². The summed E-state index contributed by atoms with van der Waals surface area (Å²) in [7, 11) is 0. The maximum absolute atomic E-state index is 14.3. The molecule has 0 aliphatic heterocycles. The van der Waals surface area contributed by atoms with Crippen LogP contribution in [0.15, 0.2) is 71.5 Å². The van der Waals surface area contributed by atoms with E-state index in [2.05, 4.69) is 0 Å². The van der Waals surface area contributed by atoms with Gasteiger partial charge in [0.25, 0.3) is 0 Å². The maximum atomic E-state index is 14.3. The minimum Gasteiger partial charge on any atom is -0.503 e. The molecule has 0 fully saturated rings. The normalized spacial score (nSPS) is 12.8. The predicted molar refractivity (Wildman–Crippen MR) is 96.1 cm³/mol. The number of nitrogen functional groups attached to an aromatic ring is 1. The second-order valence-corrected chi connectivity index (χ2v) is 5.19. The van der Waals surface area contributed by atoms with Crippen molar-refractivity contribution >= 4 is 11.4 Å². The molecule has 4 nitrogen and oxygen atoms in total. The summed E-state index contributed by atoms with van der Waals surface area (Å²) in [4.78, 5) is 11.4. The fraction of sp³-hybridized carbons (Fsp3) is 0.105. The highest BCUT2D eigenvalue weighted by Crippen LogP contribution is 2.25. The van der Waals surface area contributed by atoms with Crippen LogP contribution in [0.5, 0.6) is 5.75 Å². The number of aromatic hydroxyl groups is 1. The van der Waals surface area contributed by atoms with Gasteiger partial charge in [-0.1, -0.05) is 30.4 Å². The lowest BCUT2D eigenvalue weighted by Gasteiger charge is -2.12. The molecule has 0 bridgehead atoms. The van der Waals surface area contributed by atoms with Crippen LogP contribution < -0.4 is 11.2 Å². The molecule has 0 aliphatic carbocycles. The number of hydrogen-bond acceptors (Lipinski definition) is 3. The summed E-state index contributed by atoms with van der Waals surface area (Å²) >= 11 is 0. The van der Waals surface area contributed by atoms with Gasteiger partial charge in [-0.2, -0.15) is 0 Å². The molecular formula is C19H18F2N2O2. The third kappa shape index (κ3) is 4.23. The smallest absolute Gasteiger partial charge is 0.225 e. The van der Waals surface area contributed by atoms with Crippen molar-refractivity contribution in [3.05, 3.63) is 82.4 Å². The number of pyridine rings is 1. The van der Waals surface area contributed by atoms with E-state index in [0.29, 0.717) is 11.3 Å². The number of anilines is 1. The van der Waals surface area contributed by atoms with Gasteiger partial charge in [-0.25, -0.2) is 8.78 Å². The molecule has 0 saturated carbocycles. The molecule has 2 rings (SSSR count). The number of benzene rings is 1. The first-order valence-corrected chi connectivity index (χ1v) is 7.55. The Bertz CT molecular complexity index is 912. The van der Waals surface area contributed by atoms with Crippen LogP contribution in [0.25, 0.3) is 11.3 Å². The van der Waals surface area contributed by atoms with Gasteiger partial charge in [-0.05, 0) is 30.7 Å². The lowest BCUT2D eigenvalue weighted by atomic mass is 10.0. The van der Waals surface area contributed by atoms with Crippen molar-refractivity contribution in [2.75, 3.05) is 12.4 Å². The lowest BCUT2D eigenvalue weighted by molar-refractivity contribution is 0.466. The zero-order chi connectivity index (χ0) is 18.4. The Labute approximate surface area is 143 Å². The Balaban J connectivity index is 2.61. The van der Waals surface area contributed by atoms with Crippen LogP contribution in [0, 0.1) is 0 Å². The van der Waals surface area contributed by atoms with E-state index in [4.69, 9.17) is 5.73 Å². The standard InChI is InChI=1S/C19H18F2N2O2/c1-2-5-16(21)15(8-4-9-20)13-6-3-7-14(10-13)23-12-18(25)17(24)11-19(23)22/h2-8,10-12,25H,9,22H2,1H3. The number of nitrogens with zero attached hydrogens (tertiary/aromatic N) is 1. The molecule has 0 amide bonds. The van der Waals surface area contributed by atoms with Crippen LogP contribution in [0.3, 0.4) is 0 Å². The van der Waals surface area contributed by atoms with E-state index in [1.54, 1.807) is 37.3 Å². The number of rotatable bonds is 5. The van der Waals surface area contributed by atoms with Crippen molar-refractivity contribution in [3.8, 4) is 11.4 Å². The zero-order valence-corrected chi connectivity index (χ0v) is 13.6. The molecule has 130 valence electrons. The Kier molecular flexibility index (Phi) is 5.89. The second-order valence-electron chi connectivity index (χ2n) is 5.19. The van der Waals surface area contributed by atoms with Crippen molar-refractivity contribution in [2.45, 2.75) is 6.92 Å². The Hall–Kier alpha value is -3.15. The quantitative estimate of drug-likeness (QED) is 0.808. The molecule has 2 aromatic rings. The monoisotopic (exact) mass is 344 g/mol. The highest BCUT2D eigenvalue weighted by Gasteiger charge is 2.09. The van der Waals surface area contributed by atoms with Gasteiger partial charge >= 0.3 is 0 Å². The molecular weight excluding hydrogens is 326 g/mol. The lowest BCUT2D eigenvalue weighted by Crippen LogP contribution is -2.10. The maximum Gasteiger partial charge on any atom is 0.225 e. The predicted octanol–water partition coefficient (Wildman–Crippen LogP) is 3.91. The summed E-state index contributed by atoms with van der Waals surface area (Å²) in [6, 6.07) is 7.76. The van der Waals surface area contributed by atoms with E-state index in [1.165, 1.54) is 29.0 Å².